The molecule has 3 rings (SSSR count). The highest BCUT2D eigenvalue weighted by atomic mass is 16.2. The van der Waals surface area contributed by atoms with Gasteiger partial charge in [0.25, 0.3) is 0 Å². The summed E-state index contributed by atoms with van der Waals surface area (Å²) in [6.45, 7) is 0. The van der Waals surface area contributed by atoms with Gasteiger partial charge in [-0.3, -0.25) is 4.79 Å². The smallest absolute Gasteiger partial charge is 0.226 e. The third-order valence-electron chi connectivity index (χ3n) is 4.67. The molecule has 2 aliphatic carbocycles. The first-order chi connectivity index (χ1) is 6.80. The van der Waals surface area contributed by atoms with Crippen LogP contribution in [0.5, 0.6) is 0 Å². The number of carbonyl (C=O) groups excluding carboxylic acids is 1. The Kier molecular flexibility index (Phi) is 1.86. The van der Waals surface area contributed by atoms with E-state index in [1.165, 1.54) is 38.5 Å². The molecule has 0 bridgehead atoms. The molecule has 3 aliphatic rings. The average Bonchev–Trinajstić information content (AvgIpc) is 2.14. The predicted octanol–water partition coefficient (Wildman–Crippen LogP) is 2.24. The van der Waals surface area contributed by atoms with Crippen LogP contribution in [-0.4, -0.2) is 11.9 Å². The van der Waals surface area contributed by atoms with Crippen molar-refractivity contribution in [2.45, 2.75) is 57.4 Å². The van der Waals surface area contributed by atoms with Gasteiger partial charge in [0.2, 0.25) is 5.91 Å². The van der Waals surface area contributed by atoms with E-state index in [4.69, 9.17) is 0 Å². The lowest BCUT2D eigenvalue weighted by Gasteiger charge is -2.50. The Bertz CT molecular complexity index is 257. The van der Waals surface area contributed by atoms with E-state index in [9.17, 15) is 4.79 Å². The Morgan fingerprint density at radius 2 is 1.93 bits per heavy atom. The Hall–Kier alpha value is -0.530. The normalized spacial score (nSPS) is 39.9. The first-order valence-electron chi connectivity index (χ1n) is 6.11. The Morgan fingerprint density at radius 3 is 2.64 bits per heavy atom. The van der Waals surface area contributed by atoms with E-state index >= 15 is 0 Å². The molecular weight excluding hydrogens is 174 g/mol. The van der Waals surface area contributed by atoms with Crippen LogP contribution in [0.3, 0.4) is 0 Å². The minimum atomic E-state index is 0.0957. The molecule has 14 heavy (non-hydrogen) atoms. The third kappa shape index (κ3) is 1.12. The lowest BCUT2D eigenvalue weighted by Crippen LogP contribution is -2.58. The summed E-state index contributed by atoms with van der Waals surface area (Å²) in [5, 5.41) is 3.27. The van der Waals surface area contributed by atoms with Crippen molar-refractivity contribution in [3.63, 3.8) is 0 Å². The molecule has 0 aromatic rings. The van der Waals surface area contributed by atoms with Crippen LogP contribution in [0.2, 0.25) is 0 Å². The summed E-state index contributed by atoms with van der Waals surface area (Å²) in [5.41, 5.74) is 0.0957. The molecular formula is C12H19NO. The molecule has 0 radical (unpaired) electrons. The van der Waals surface area contributed by atoms with Gasteiger partial charge in [0.05, 0.1) is 0 Å². The number of hydrogen-bond acceptors (Lipinski definition) is 1. The third-order valence-corrected chi connectivity index (χ3v) is 4.67. The topological polar surface area (TPSA) is 29.1 Å². The monoisotopic (exact) mass is 193 g/mol. The van der Waals surface area contributed by atoms with Crippen molar-refractivity contribution in [1.29, 1.82) is 0 Å². The van der Waals surface area contributed by atoms with Crippen LogP contribution in [-0.2, 0) is 4.79 Å². The second-order valence-electron chi connectivity index (χ2n) is 5.46. The molecule has 2 nitrogen and oxygen atoms in total. The number of amides is 1. The van der Waals surface area contributed by atoms with E-state index in [0.717, 1.165) is 18.8 Å². The van der Waals surface area contributed by atoms with Gasteiger partial charge >= 0.3 is 0 Å². The van der Waals surface area contributed by atoms with Crippen molar-refractivity contribution in [2.75, 3.05) is 0 Å². The quantitative estimate of drug-likeness (QED) is 0.628. The number of rotatable bonds is 0. The lowest BCUT2D eigenvalue weighted by atomic mass is 9.59. The summed E-state index contributed by atoms with van der Waals surface area (Å²) in [6, 6.07) is 0.530. The molecule has 2 saturated carbocycles. The van der Waals surface area contributed by atoms with E-state index in [1.807, 2.05) is 0 Å². The highest BCUT2D eigenvalue weighted by Gasteiger charge is 2.50. The van der Waals surface area contributed by atoms with Crippen molar-refractivity contribution in [3.8, 4) is 0 Å². The van der Waals surface area contributed by atoms with Crippen molar-refractivity contribution < 1.29 is 4.79 Å². The molecule has 0 aromatic carbocycles. The van der Waals surface area contributed by atoms with Crippen molar-refractivity contribution in [1.82, 2.24) is 5.32 Å². The molecule has 1 saturated heterocycles. The van der Waals surface area contributed by atoms with Crippen molar-refractivity contribution in [2.24, 2.45) is 11.3 Å². The fourth-order valence-electron chi connectivity index (χ4n) is 3.59. The number of fused-ring (bicyclic) bond motifs is 1. The lowest BCUT2D eigenvalue weighted by molar-refractivity contribution is -0.144. The number of hydrogen-bond donors (Lipinski definition) is 1. The predicted molar refractivity (Wildman–Crippen MR) is 54.8 cm³/mol. The average molecular weight is 193 g/mol. The van der Waals surface area contributed by atoms with E-state index in [1.54, 1.807) is 0 Å². The molecule has 3 fully saturated rings. The molecule has 1 spiro atoms. The molecule has 1 heterocycles. The maximum atomic E-state index is 11.9. The fourth-order valence-corrected chi connectivity index (χ4v) is 3.59. The Morgan fingerprint density at radius 1 is 1.14 bits per heavy atom. The molecule has 78 valence electrons. The summed E-state index contributed by atoms with van der Waals surface area (Å²) in [5.74, 6) is 1.19. The van der Waals surface area contributed by atoms with E-state index in [0.29, 0.717) is 11.9 Å². The van der Waals surface area contributed by atoms with E-state index < -0.39 is 0 Å². The maximum absolute atomic E-state index is 11.9. The molecule has 2 atom stereocenters. The Labute approximate surface area is 85.4 Å². The van der Waals surface area contributed by atoms with Crippen molar-refractivity contribution >= 4 is 5.91 Å². The zero-order chi connectivity index (χ0) is 9.60. The highest BCUT2D eigenvalue weighted by Crippen LogP contribution is 2.50. The number of carbonyl (C=O) groups is 1. The molecule has 0 unspecified atom stereocenters. The summed E-state index contributed by atoms with van der Waals surface area (Å²) in [6.07, 6.45) is 10.1. The van der Waals surface area contributed by atoms with Crippen LogP contribution < -0.4 is 5.32 Å². The SMILES string of the molecule is O=C1N[C@H]2CCCC[C@@H]2CC12CCC2. The Balaban J connectivity index is 1.78. The van der Waals surface area contributed by atoms with Crippen LogP contribution in [0.4, 0.5) is 0 Å². The molecule has 0 aromatic heterocycles. The van der Waals surface area contributed by atoms with Crippen LogP contribution in [0.15, 0.2) is 0 Å². The second kappa shape index (κ2) is 2.98. The largest absolute Gasteiger partial charge is 0.353 e. The summed E-state index contributed by atoms with van der Waals surface area (Å²) < 4.78 is 0. The van der Waals surface area contributed by atoms with Crippen LogP contribution >= 0.6 is 0 Å². The van der Waals surface area contributed by atoms with E-state index in [2.05, 4.69) is 5.32 Å². The minimum Gasteiger partial charge on any atom is -0.353 e. The van der Waals surface area contributed by atoms with Crippen LogP contribution in [0, 0.1) is 11.3 Å². The van der Waals surface area contributed by atoms with Crippen LogP contribution in [0.1, 0.15) is 51.4 Å². The van der Waals surface area contributed by atoms with E-state index in [-0.39, 0.29) is 5.41 Å². The first-order valence-corrected chi connectivity index (χ1v) is 6.11. The van der Waals surface area contributed by atoms with Crippen LogP contribution in [0.25, 0.3) is 0 Å². The zero-order valence-corrected chi connectivity index (χ0v) is 8.72. The maximum Gasteiger partial charge on any atom is 0.226 e. The van der Waals surface area contributed by atoms with Gasteiger partial charge in [0.15, 0.2) is 0 Å². The van der Waals surface area contributed by atoms with Gasteiger partial charge in [0, 0.05) is 11.5 Å². The summed E-state index contributed by atoms with van der Waals surface area (Å²) >= 11 is 0. The molecule has 2 heteroatoms. The van der Waals surface area contributed by atoms with Gasteiger partial charge in [-0.1, -0.05) is 19.3 Å². The molecule has 1 N–H and O–H groups in total. The minimum absolute atomic E-state index is 0.0957. The molecule has 1 amide bonds. The van der Waals surface area contributed by atoms with Crippen molar-refractivity contribution in [3.05, 3.63) is 0 Å². The first kappa shape index (κ1) is 8.75. The zero-order valence-electron chi connectivity index (χ0n) is 8.72. The number of piperidine rings is 1. The number of nitrogens with one attached hydrogen (secondary N) is 1. The second-order valence-corrected chi connectivity index (χ2v) is 5.46. The van der Waals surface area contributed by atoms with Gasteiger partial charge in [-0.15, -0.1) is 0 Å². The van der Waals surface area contributed by atoms with Gasteiger partial charge in [-0.25, -0.2) is 0 Å². The highest BCUT2D eigenvalue weighted by molar-refractivity contribution is 5.84. The van der Waals surface area contributed by atoms with Gasteiger partial charge in [-0.2, -0.15) is 0 Å². The van der Waals surface area contributed by atoms with Gasteiger partial charge < -0.3 is 5.32 Å². The molecule has 1 aliphatic heterocycles. The summed E-state index contributed by atoms with van der Waals surface area (Å²) in [4.78, 5) is 11.9. The van der Waals surface area contributed by atoms with Gasteiger partial charge in [-0.05, 0) is 38.0 Å². The fraction of sp³-hybridized carbons (Fsp3) is 0.917. The standard InChI is InChI=1S/C12H19NO/c14-11-12(6-3-7-12)8-9-4-1-2-5-10(9)13-11/h9-10H,1-8H2,(H,13,14)/t9-,10+/m1/s1. The van der Waals surface area contributed by atoms with Gasteiger partial charge in [0.1, 0.15) is 0 Å². The summed E-state index contributed by atoms with van der Waals surface area (Å²) in [7, 11) is 0.